The second-order valence-corrected chi connectivity index (χ2v) is 7.17. The zero-order chi connectivity index (χ0) is 23.1. The van der Waals surface area contributed by atoms with Crippen LogP contribution in [-0.4, -0.2) is 56.4 Å². The smallest absolute Gasteiger partial charge is 0.405 e. The summed E-state index contributed by atoms with van der Waals surface area (Å²) in [6.45, 7) is 0.345. The lowest BCUT2D eigenvalue weighted by Gasteiger charge is -2.14. The minimum atomic E-state index is -4.93. The summed E-state index contributed by atoms with van der Waals surface area (Å²) in [5.74, 6) is 4.23. The van der Waals surface area contributed by atoms with Gasteiger partial charge in [0.1, 0.15) is 17.6 Å². The van der Waals surface area contributed by atoms with E-state index in [0.29, 0.717) is 12.1 Å². The number of carbonyl (C=O) groups excluding carboxylic acids is 1. The average Bonchev–Trinajstić information content (AvgIpc) is 3.00. The van der Waals surface area contributed by atoms with Gasteiger partial charge in [0.2, 0.25) is 5.60 Å². The Hall–Kier alpha value is -3.91. The van der Waals surface area contributed by atoms with Crippen LogP contribution in [0, 0.1) is 11.8 Å². The Kier molecular flexibility index (Phi) is 5.10. The topological polar surface area (TPSA) is 114 Å². The van der Waals surface area contributed by atoms with Crippen LogP contribution in [0.2, 0.25) is 0 Å². The third-order valence-corrected chi connectivity index (χ3v) is 4.91. The quantitative estimate of drug-likeness (QED) is 0.583. The molecule has 8 nitrogen and oxygen atoms in total. The summed E-state index contributed by atoms with van der Waals surface area (Å²) >= 11 is 0. The number of pyridine rings is 1. The number of hydrogen-bond acceptors (Lipinski definition) is 7. The van der Waals surface area contributed by atoms with Crippen LogP contribution in [0.3, 0.4) is 0 Å². The maximum atomic E-state index is 13.0. The van der Waals surface area contributed by atoms with E-state index in [1.807, 2.05) is 0 Å². The molecule has 2 aromatic heterocycles. The van der Waals surface area contributed by atoms with Crippen LogP contribution in [0.5, 0.6) is 5.75 Å². The molecule has 3 aromatic rings. The number of amides is 1. The maximum absolute atomic E-state index is 13.0. The van der Waals surface area contributed by atoms with E-state index in [0.717, 1.165) is 6.07 Å². The van der Waals surface area contributed by atoms with Crippen molar-refractivity contribution in [2.45, 2.75) is 18.4 Å². The van der Waals surface area contributed by atoms with E-state index in [2.05, 4.69) is 31.5 Å². The summed E-state index contributed by atoms with van der Waals surface area (Å²) < 4.78 is 43.0. The standard InChI is InChI=1S/C21H16F3N5O3/c1-29-9-8-20(31,19(29)30)7-6-12-2-5-16(32-21(22,23)24)13(10-12)14-3-4-15-17(28-14)18(25)27-11-26-15/h2-5,10-11,31H,8-9H2,1H3,(H2,25,26,27). The van der Waals surface area contributed by atoms with E-state index >= 15 is 0 Å². The Morgan fingerprint density at radius 1 is 1.25 bits per heavy atom. The van der Waals surface area contributed by atoms with Gasteiger partial charge >= 0.3 is 6.36 Å². The van der Waals surface area contributed by atoms with Crippen LogP contribution in [0.1, 0.15) is 12.0 Å². The van der Waals surface area contributed by atoms with Crippen molar-refractivity contribution < 1.29 is 27.8 Å². The number of aromatic nitrogens is 3. The average molecular weight is 443 g/mol. The van der Waals surface area contributed by atoms with Gasteiger partial charge in [-0.2, -0.15) is 0 Å². The van der Waals surface area contributed by atoms with Gasteiger partial charge < -0.3 is 20.5 Å². The lowest BCUT2D eigenvalue weighted by molar-refractivity contribution is -0.274. The van der Waals surface area contributed by atoms with Crippen LogP contribution in [-0.2, 0) is 4.79 Å². The molecule has 0 radical (unpaired) electrons. The number of nitrogens with zero attached hydrogens (tertiary/aromatic N) is 4. The van der Waals surface area contributed by atoms with Gasteiger partial charge in [-0.25, -0.2) is 15.0 Å². The van der Waals surface area contributed by atoms with Crippen molar-refractivity contribution in [2.75, 3.05) is 19.3 Å². The van der Waals surface area contributed by atoms with Gasteiger partial charge in [-0.1, -0.05) is 11.8 Å². The van der Waals surface area contributed by atoms with Crippen molar-refractivity contribution in [1.82, 2.24) is 19.9 Å². The van der Waals surface area contributed by atoms with E-state index in [4.69, 9.17) is 5.73 Å². The molecule has 1 aliphatic heterocycles. The predicted molar refractivity (Wildman–Crippen MR) is 108 cm³/mol. The molecule has 3 N–H and O–H groups in total. The van der Waals surface area contributed by atoms with Crippen molar-refractivity contribution in [1.29, 1.82) is 0 Å². The molecule has 1 atom stereocenters. The highest BCUT2D eigenvalue weighted by Crippen LogP contribution is 2.35. The molecule has 1 unspecified atom stereocenters. The normalized spacial score (nSPS) is 18.5. The fraction of sp³-hybridized carbons (Fsp3) is 0.238. The summed E-state index contributed by atoms with van der Waals surface area (Å²) in [7, 11) is 1.55. The fourth-order valence-corrected chi connectivity index (χ4v) is 3.28. The molecule has 0 aliphatic carbocycles. The van der Waals surface area contributed by atoms with Gasteiger partial charge in [-0.3, -0.25) is 4.79 Å². The number of alkyl halides is 3. The molecule has 164 valence electrons. The van der Waals surface area contributed by atoms with Gasteiger partial charge in [0.25, 0.3) is 5.91 Å². The zero-order valence-corrected chi connectivity index (χ0v) is 16.6. The van der Waals surface area contributed by atoms with Crippen molar-refractivity contribution in [2.24, 2.45) is 0 Å². The van der Waals surface area contributed by atoms with Crippen LogP contribution >= 0.6 is 0 Å². The van der Waals surface area contributed by atoms with Crippen LogP contribution in [0.25, 0.3) is 22.3 Å². The minimum absolute atomic E-state index is 0.0128. The second kappa shape index (κ2) is 7.65. The molecule has 1 saturated heterocycles. The maximum Gasteiger partial charge on any atom is 0.573 e. The zero-order valence-electron chi connectivity index (χ0n) is 16.6. The van der Waals surface area contributed by atoms with Crippen LogP contribution in [0.4, 0.5) is 19.0 Å². The highest BCUT2D eigenvalue weighted by Gasteiger charge is 2.42. The molecule has 0 bridgehead atoms. The predicted octanol–water partition coefficient (Wildman–Crippen LogP) is 2.12. The molecule has 3 heterocycles. The summed E-state index contributed by atoms with van der Waals surface area (Å²) in [5.41, 5.74) is 4.97. The second-order valence-electron chi connectivity index (χ2n) is 7.17. The number of fused-ring (bicyclic) bond motifs is 1. The Morgan fingerprint density at radius 3 is 2.72 bits per heavy atom. The number of nitrogen functional groups attached to an aromatic ring is 1. The number of rotatable bonds is 2. The molecule has 32 heavy (non-hydrogen) atoms. The Bertz CT molecular complexity index is 1290. The van der Waals surface area contributed by atoms with E-state index in [-0.39, 0.29) is 34.6 Å². The molecule has 0 saturated carbocycles. The molecule has 11 heteroatoms. The first kappa shape index (κ1) is 21.3. The number of anilines is 1. The van der Waals surface area contributed by atoms with Crippen LogP contribution < -0.4 is 10.5 Å². The number of likely N-dealkylation sites (N-methyl/N-ethyl adjacent to an activating group) is 1. The van der Waals surface area contributed by atoms with E-state index in [1.54, 1.807) is 13.1 Å². The van der Waals surface area contributed by atoms with Gasteiger partial charge in [-0.05, 0) is 30.3 Å². The largest absolute Gasteiger partial charge is 0.573 e. The molecule has 0 spiro atoms. The van der Waals surface area contributed by atoms with Gasteiger partial charge in [0.15, 0.2) is 5.82 Å². The first-order chi connectivity index (χ1) is 15.1. The fourth-order valence-electron chi connectivity index (χ4n) is 3.28. The first-order valence-corrected chi connectivity index (χ1v) is 9.34. The molecule has 4 rings (SSSR count). The van der Waals surface area contributed by atoms with E-state index in [1.165, 1.54) is 29.4 Å². The summed E-state index contributed by atoms with van der Waals surface area (Å²) in [5, 5.41) is 10.5. The van der Waals surface area contributed by atoms with E-state index < -0.39 is 23.6 Å². The van der Waals surface area contributed by atoms with Crippen LogP contribution in [0.15, 0.2) is 36.7 Å². The number of benzene rings is 1. The number of carbonyl (C=O) groups is 1. The van der Waals surface area contributed by atoms with Gasteiger partial charge in [0, 0.05) is 31.1 Å². The number of aliphatic hydroxyl groups is 1. The highest BCUT2D eigenvalue weighted by atomic mass is 19.4. The molecular weight excluding hydrogens is 427 g/mol. The lowest BCUT2D eigenvalue weighted by atomic mass is 10.0. The Labute approximate surface area is 179 Å². The van der Waals surface area contributed by atoms with Crippen molar-refractivity contribution >= 4 is 22.8 Å². The Balaban J connectivity index is 1.81. The van der Waals surface area contributed by atoms with Crippen molar-refractivity contribution in [3.05, 3.63) is 42.2 Å². The number of hydrogen-bond donors (Lipinski definition) is 2. The monoisotopic (exact) mass is 443 g/mol. The third kappa shape index (κ3) is 4.13. The van der Waals surface area contributed by atoms with Crippen molar-refractivity contribution in [3.8, 4) is 28.8 Å². The molecule has 1 aliphatic rings. The summed E-state index contributed by atoms with van der Waals surface area (Å²) in [6, 6.07) is 6.72. The van der Waals surface area contributed by atoms with Gasteiger partial charge in [-0.15, -0.1) is 13.2 Å². The van der Waals surface area contributed by atoms with Gasteiger partial charge in [0.05, 0.1) is 11.2 Å². The first-order valence-electron chi connectivity index (χ1n) is 9.34. The lowest BCUT2D eigenvalue weighted by Crippen LogP contribution is -2.37. The number of nitrogens with two attached hydrogens (primary N) is 1. The number of halogens is 3. The number of likely N-dealkylation sites (tertiary alicyclic amines) is 1. The number of ether oxygens (including phenoxy) is 1. The van der Waals surface area contributed by atoms with E-state index in [9.17, 15) is 23.1 Å². The minimum Gasteiger partial charge on any atom is -0.405 e. The molecular formula is C21H16F3N5O3. The summed E-state index contributed by atoms with van der Waals surface area (Å²) in [6.07, 6.45) is -3.56. The summed E-state index contributed by atoms with van der Waals surface area (Å²) in [4.78, 5) is 25.6. The molecule has 1 aromatic carbocycles. The third-order valence-electron chi connectivity index (χ3n) is 4.91. The molecule has 1 fully saturated rings. The molecule has 1 amide bonds. The van der Waals surface area contributed by atoms with Crippen molar-refractivity contribution in [3.63, 3.8) is 0 Å². The SMILES string of the molecule is CN1CCC(O)(C#Cc2ccc(OC(F)(F)F)c(-c3ccc4ncnc(N)c4n3)c2)C1=O. The Morgan fingerprint density at radius 2 is 2.03 bits per heavy atom. The highest BCUT2D eigenvalue weighted by molar-refractivity contribution is 5.90.